The van der Waals surface area contributed by atoms with Gasteiger partial charge < -0.3 is 4.57 Å². The molecule has 2 aromatic rings. The predicted molar refractivity (Wildman–Crippen MR) is 56.2 cm³/mol. The minimum absolute atomic E-state index is 0.746. The summed E-state index contributed by atoms with van der Waals surface area (Å²) in [4.78, 5) is 15.5. The Kier molecular flexibility index (Phi) is 2.45. The number of aromatic nitrogens is 2. The summed E-state index contributed by atoms with van der Waals surface area (Å²) < 4.78 is 2.00. The van der Waals surface area contributed by atoms with Crippen LogP contribution in [0.2, 0.25) is 0 Å². The van der Waals surface area contributed by atoms with Crippen molar-refractivity contribution in [3.63, 3.8) is 0 Å². The summed E-state index contributed by atoms with van der Waals surface area (Å²) in [6.07, 6.45) is 5.45. The Morgan fingerprint density at radius 2 is 2.50 bits per heavy atom. The van der Waals surface area contributed by atoms with Crippen molar-refractivity contribution in [2.24, 2.45) is 0 Å². The van der Waals surface area contributed by atoms with Crippen molar-refractivity contribution in [3.05, 3.63) is 34.5 Å². The van der Waals surface area contributed by atoms with Gasteiger partial charge in [0.25, 0.3) is 0 Å². The van der Waals surface area contributed by atoms with Crippen LogP contribution in [-0.4, -0.2) is 15.8 Å². The highest BCUT2D eigenvalue weighted by molar-refractivity contribution is 7.12. The lowest BCUT2D eigenvalue weighted by atomic mass is 10.4. The smallest absolute Gasteiger partial charge is 0.160 e. The fourth-order valence-electron chi connectivity index (χ4n) is 1.36. The SMILES string of the molecule is CCc1nccn1-c1csc(C=O)c1. The van der Waals surface area contributed by atoms with Crippen molar-refractivity contribution in [1.82, 2.24) is 9.55 Å². The number of aryl methyl sites for hydroxylation is 1. The monoisotopic (exact) mass is 206 g/mol. The lowest BCUT2D eigenvalue weighted by Gasteiger charge is -2.01. The Hall–Kier alpha value is -1.42. The third kappa shape index (κ3) is 1.48. The number of carbonyl (C=O) groups excluding carboxylic acids is 1. The number of rotatable bonds is 3. The molecule has 0 amide bonds. The number of nitrogens with zero attached hydrogens (tertiary/aromatic N) is 2. The molecule has 0 bridgehead atoms. The molecule has 72 valence electrons. The van der Waals surface area contributed by atoms with E-state index in [0.29, 0.717) is 0 Å². The van der Waals surface area contributed by atoms with Crippen molar-refractivity contribution in [2.45, 2.75) is 13.3 Å². The second-order valence-corrected chi connectivity index (χ2v) is 3.83. The van der Waals surface area contributed by atoms with Gasteiger partial charge in [-0.3, -0.25) is 4.79 Å². The van der Waals surface area contributed by atoms with E-state index in [2.05, 4.69) is 11.9 Å². The summed E-state index contributed by atoms with van der Waals surface area (Å²) in [7, 11) is 0. The molecule has 0 aromatic carbocycles. The molecule has 14 heavy (non-hydrogen) atoms. The Morgan fingerprint density at radius 1 is 1.64 bits per heavy atom. The van der Waals surface area contributed by atoms with Crippen molar-refractivity contribution in [3.8, 4) is 5.69 Å². The van der Waals surface area contributed by atoms with Gasteiger partial charge in [0, 0.05) is 24.2 Å². The maximum absolute atomic E-state index is 10.5. The summed E-state index contributed by atoms with van der Waals surface area (Å²) in [5.74, 6) is 1.01. The van der Waals surface area contributed by atoms with E-state index in [-0.39, 0.29) is 0 Å². The zero-order valence-corrected chi connectivity index (χ0v) is 8.62. The topological polar surface area (TPSA) is 34.9 Å². The Morgan fingerprint density at radius 3 is 3.14 bits per heavy atom. The zero-order valence-electron chi connectivity index (χ0n) is 7.80. The maximum Gasteiger partial charge on any atom is 0.160 e. The molecule has 3 nitrogen and oxygen atoms in total. The fraction of sp³-hybridized carbons (Fsp3) is 0.200. The standard InChI is InChI=1S/C10H10N2OS/c1-2-10-11-3-4-12(10)8-5-9(6-13)14-7-8/h3-7H,2H2,1H3. The molecule has 0 unspecified atom stereocenters. The summed E-state index contributed by atoms with van der Waals surface area (Å²) in [5.41, 5.74) is 1.02. The first-order chi connectivity index (χ1) is 6.85. The molecule has 0 N–H and O–H groups in total. The quantitative estimate of drug-likeness (QED) is 0.722. The molecule has 0 saturated heterocycles. The van der Waals surface area contributed by atoms with Crippen LogP contribution < -0.4 is 0 Å². The molecule has 2 rings (SSSR count). The Balaban J connectivity index is 2.43. The van der Waals surface area contributed by atoms with Gasteiger partial charge in [-0.25, -0.2) is 4.98 Å². The highest BCUT2D eigenvalue weighted by Gasteiger charge is 2.04. The summed E-state index contributed by atoms with van der Waals surface area (Å²) >= 11 is 1.45. The minimum atomic E-state index is 0.746. The van der Waals surface area contributed by atoms with Crippen LogP contribution in [0.3, 0.4) is 0 Å². The van der Waals surface area contributed by atoms with E-state index in [0.717, 1.165) is 29.1 Å². The molecule has 0 aliphatic rings. The van der Waals surface area contributed by atoms with Crippen LogP contribution in [0.25, 0.3) is 5.69 Å². The van der Waals surface area contributed by atoms with E-state index >= 15 is 0 Å². The maximum atomic E-state index is 10.5. The number of carbonyl (C=O) groups is 1. The molecule has 0 atom stereocenters. The highest BCUT2D eigenvalue weighted by Crippen LogP contribution is 2.18. The van der Waals surface area contributed by atoms with E-state index in [1.807, 2.05) is 22.2 Å². The molecule has 0 aliphatic heterocycles. The third-order valence-corrected chi connectivity index (χ3v) is 2.88. The first-order valence-electron chi connectivity index (χ1n) is 4.41. The molecule has 4 heteroatoms. The van der Waals surface area contributed by atoms with Gasteiger partial charge in [0.2, 0.25) is 0 Å². The molecule has 0 spiro atoms. The molecular weight excluding hydrogens is 196 g/mol. The fourth-order valence-corrected chi connectivity index (χ4v) is 2.04. The van der Waals surface area contributed by atoms with Gasteiger partial charge in [0.05, 0.1) is 10.6 Å². The molecule has 0 radical (unpaired) electrons. The van der Waals surface area contributed by atoms with Gasteiger partial charge in [-0.2, -0.15) is 0 Å². The number of hydrogen-bond donors (Lipinski definition) is 0. The van der Waals surface area contributed by atoms with Gasteiger partial charge in [-0.15, -0.1) is 11.3 Å². The Bertz CT molecular complexity index is 444. The first kappa shape index (κ1) is 9.15. The Labute approximate surface area is 86.0 Å². The van der Waals surface area contributed by atoms with Crippen molar-refractivity contribution >= 4 is 17.6 Å². The highest BCUT2D eigenvalue weighted by atomic mass is 32.1. The van der Waals surface area contributed by atoms with Crippen LogP contribution in [0, 0.1) is 0 Å². The van der Waals surface area contributed by atoms with Gasteiger partial charge in [-0.1, -0.05) is 6.92 Å². The van der Waals surface area contributed by atoms with Crippen molar-refractivity contribution in [1.29, 1.82) is 0 Å². The van der Waals surface area contributed by atoms with E-state index < -0.39 is 0 Å². The molecule has 0 aliphatic carbocycles. The zero-order chi connectivity index (χ0) is 9.97. The normalized spacial score (nSPS) is 10.4. The second-order valence-electron chi connectivity index (χ2n) is 2.89. The molecule has 2 heterocycles. The van der Waals surface area contributed by atoms with E-state index in [4.69, 9.17) is 0 Å². The van der Waals surface area contributed by atoms with Crippen molar-refractivity contribution in [2.75, 3.05) is 0 Å². The van der Waals surface area contributed by atoms with Crippen LogP contribution in [0.15, 0.2) is 23.8 Å². The van der Waals surface area contributed by atoms with E-state index in [1.54, 1.807) is 6.20 Å². The summed E-state index contributed by atoms with van der Waals surface area (Å²) in [5, 5.41) is 1.96. The third-order valence-electron chi connectivity index (χ3n) is 2.03. The van der Waals surface area contributed by atoms with Crippen molar-refractivity contribution < 1.29 is 4.79 Å². The van der Waals surface area contributed by atoms with E-state index in [9.17, 15) is 4.79 Å². The van der Waals surface area contributed by atoms with Gasteiger partial charge >= 0.3 is 0 Å². The summed E-state index contributed by atoms with van der Waals surface area (Å²) in [6.45, 7) is 2.06. The molecule has 0 fully saturated rings. The van der Waals surface area contributed by atoms with Gasteiger partial charge in [-0.05, 0) is 6.07 Å². The molecule has 2 aromatic heterocycles. The summed E-state index contributed by atoms with van der Waals surface area (Å²) in [6, 6.07) is 1.87. The van der Waals surface area contributed by atoms with Crippen LogP contribution in [0.5, 0.6) is 0 Å². The number of thiophene rings is 1. The van der Waals surface area contributed by atoms with E-state index in [1.165, 1.54) is 11.3 Å². The predicted octanol–water partition coefficient (Wildman–Crippen LogP) is 2.31. The lowest BCUT2D eigenvalue weighted by Crippen LogP contribution is -1.96. The average Bonchev–Trinajstić information content (AvgIpc) is 2.85. The van der Waals surface area contributed by atoms with Gasteiger partial charge in [0.1, 0.15) is 5.82 Å². The first-order valence-corrected chi connectivity index (χ1v) is 5.29. The average molecular weight is 206 g/mol. The molecular formula is C10H10N2OS. The van der Waals surface area contributed by atoms with Crippen LogP contribution in [0.1, 0.15) is 22.4 Å². The van der Waals surface area contributed by atoms with Crippen LogP contribution in [0.4, 0.5) is 0 Å². The lowest BCUT2D eigenvalue weighted by molar-refractivity contribution is 0.112. The number of aldehydes is 1. The van der Waals surface area contributed by atoms with Gasteiger partial charge in [0.15, 0.2) is 6.29 Å². The second kappa shape index (κ2) is 3.75. The number of imidazole rings is 1. The van der Waals surface area contributed by atoms with Crippen LogP contribution >= 0.6 is 11.3 Å². The van der Waals surface area contributed by atoms with Crippen LogP contribution in [-0.2, 0) is 6.42 Å². The largest absolute Gasteiger partial charge is 0.303 e. The minimum Gasteiger partial charge on any atom is -0.303 e. The number of hydrogen-bond acceptors (Lipinski definition) is 3. The molecule has 0 saturated carbocycles.